The third kappa shape index (κ3) is 3.31. The Morgan fingerprint density at radius 2 is 2.14 bits per heavy atom. The number of nitrogen functional groups attached to an aromatic ring is 1. The molecule has 1 fully saturated rings. The highest BCUT2D eigenvalue weighted by molar-refractivity contribution is 6.01. The smallest absolute Gasteiger partial charge is 0.293 e. The SMILES string of the molecule is Cc1cc(C(=O)N2CCC(C)(CN)C2)c(N)c([N+](=O)[O-])c1.Cl. The molecule has 0 bridgehead atoms. The number of hydrogen-bond acceptors (Lipinski definition) is 5. The molecule has 8 heteroatoms. The fourth-order valence-electron chi connectivity index (χ4n) is 2.64. The van der Waals surface area contributed by atoms with Crippen LogP contribution in [0.5, 0.6) is 0 Å². The van der Waals surface area contributed by atoms with Gasteiger partial charge in [-0.3, -0.25) is 14.9 Å². The fourth-order valence-corrected chi connectivity index (χ4v) is 2.64. The van der Waals surface area contributed by atoms with E-state index in [1.807, 2.05) is 6.92 Å². The molecule has 22 heavy (non-hydrogen) atoms. The second-order valence-electron chi connectivity index (χ2n) is 5.99. The van der Waals surface area contributed by atoms with Gasteiger partial charge in [-0.15, -0.1) is 12.4 Å². The predicted molar refractivity (Wildman–Crippen MR) is 87.2 cm³/mol. The second kappa shape index (κ2) is 6.50. The van der Waals surface area contributed by atoms with Crippen molar-refractivity contribution < 1.29 is 9.72 Å². The monoisotopic (exact) mass is 328 g/mol. The topological polar surface area (TPSA) is 115 Å². The molecule has 1 atom stereocenters. The molecule has 1 aliphatic heterocycles. The number of carbonyl (C=O) groups excluding carboxylic acids is 1. The molecule has 0 spiro atoms. The summed E-state index contributed by atoms with van der Waals surface area (Å²) in [7, 11) is 0. The molecule has 1 aromatic rings. The van der Waals surface area contributed by atoms with E-state index in [9.17, 15) is 14.9 Å². The van der Waals surface area contributed by atoms with Gasteiger partial charge in [-0.05, 0) is 36.9 Å². The Kier molecular flexibility index (Phi) is 5.37. The standard InChI is InChI=1S/C14H20N4O3.ClH/c1-9-5-10(12(16)11(6-9)18(20)21)13(19)17-4-3-14(2,7-15)8-17;/h5-6H,3-4,7-8,15-16H2,1-2H3;1H. The van der Waals surface area contributed by atoms with Gasteiger partial charge in [0.15, 0.2) is 0 Å². The van der Waals surface area contributed by atoms with Crippen LogP contribution in [0.1, 0.15) is 29.3 Å². The molecule has 1 amide bonds. The third-order valence-corrected chi connectivity index (χ3v) is 4.07. The summed E-state index contributed by atoms with van der Waals surface area (Å²) < 4.78 is 0. The van der Waals surface area contributed by atoms with Crippen molar-refractivity contribution in [3.63, 3.8) is 0 Å². The first-order valence-corrected chi connectivity index (χ1v) is 6.81. The molecule has 0 aromatic heterocycles. The molecule has 1 unspecified atom stereocenters. The number of anilines is 1. The third-order valence-electron chi connectivity index (χ3n) is 4.07. The summed E-state index contributed by atoms with van der Waals surface area (Å²) in [5, 5.41) is 11.0. The lowest BCUT2D eigenvalue weighted by Crippen LogP contribution is -2.34. The lowest BCUT2D eigenvalue weighted by atomic mass is 9.90. The molecule has 4 N–H and O–H groups in total. The quantitative estimate of drug-likeness (QED) is 0.498. The van der Waals surface area contributed by atoms with Gasteiger partial charge in [0, 0.05) is 19.2 Å². The molecule has 1 aliphatic rings. The summed E-state index contributed by atoms with van der Waals surface area (Å²) in [6, 6.07) is 2.98. The zero-order chi connectivity index (χ0) is 15.8. The van der Waals surface area contributed by atoms with E-state index in [0.717, 1.165) is 6.42 Å². The van der Waals surface area contributed by atoms with Crippen molar-refractivity contribution in [3.8, 4) is 0 Å². The van der Waals surface area contributed by atoms with Crippen molar-refractivity contribution in [2.75, 3.05) is 25.4 Å². The maximum absolute atomic E-state index is 12.6. The van der Waals surface area contributed by atoms with Crippen molar-refractivity contribution in [1.82, 2.24) is 4.90 Å². The number of hydrogen-bond donors (Lipinski definition) is 2. The minimum absolute atomic E-state index is 0. The largest absolute Gasteiger partial charge is 0.393 e. The van der Waals surface area contributed by atoms with Crippen LogP contribution >= 0.6 is 12.4 Å². The molecule has 0 aliphatic carbocycles. The number of benzene rings is 1. The van der Waals surface area contributed by atoms with Gasteiger partial charge in [0.2, 0.25) is 0 Å². The average Bonchev–Trinajstić information content (AvgIpc) is 2.83. The first-order chi connectivity index (χ1) is 9.77. The highest BCUT2D eigenvalue weighted by Crippen LogP contribution is 2.32. The number of amides is 1. The summed E-state index contributed by atoms with van der Waals surface area (Å²) in [5.74, 6) is -0.267. The molecule has 0 radical (unpaired) electrons. The number of halogens is 1. The Balaban J connectivity index is 0.00000242. The van der Waals surface area contributed by atoms with E-state index < -0.39 is 4.92 Å². The number of nitro groups is 1. The number of aryl methyl sites for hydroxylation is 1. The Morgan fingerprint density at radius 1 is 1.50 bits per heavy atom. The van der Waals surface area contributed by atoms with Gasteiger partial charge >= 0.3 is 0 Å². The summed E-state index contributed by atoms with van der Waals surface area (Å²) in [5.41, 5.74) is 12.0. The second-order valence-corrected chi connectivity index (χ2v) is 5.99. The zero-order valence-corrected chi connectivity index (χ0v) is 13.5. The highest BCUT2D eigenvalue weighted by atomic mass is 35.5. The lowest BCUT2D eigenvalue weighted by Gasteiger charge is -2.23. The van der Waals surface area contributed by atoms with E-state index in [-0.39, 0.29) is 40.7 Å². The average molecular weight is 329 g/mol. The first-order valence-electron chi connectivity index (χ1n) is 6.81. The van der Waals surface area contributed by atoms with Crippen molar-refractivity contribution in [2.24, 2.45) is 11.1 Å². The molecule has 7 nitrogen and oxygen atoms in total. The van der Waals surface area contributed by atoms with Crippen LogP contribution in [0, 0.1) is 22.5 Å². The maximum Gasteiger partial charge on any atom is 0.293 e. The van der Waals surface area contributed by atoms with Crippen LogP contribution in [0.2, 0.25) is 0 Å². The van der Waals surface area contributed by atoms with E-state index >= 15 is 0 Å². The number of likely N-dealkylation sites (tertiary alicyclic amines) is 1. The van der Waals surface area contributed by atoms with Gasteiger partial charge in [-0.2, -0.15) is 0 Å². The molecule has 0 saturated carbocycles. The van der Waals surface area contributed by atoms with E-state index in [2.05, 4.69) is 0 Å². The van der Waals surface area contributed by atoms with Crippen LogP contribution in [-0.4, -0.2) is 35.4 Å². The number of nitrogens with two attached hydrogens (primary N) is 2. The summed E-state index contributed by atoms with van der Waals surface area (Å²) >= 11 is 0. The van der Waals surface area contributed by atoms with E-state index in [4.69, 9.17) is 11.5 Å². The Bertz CT molecular complexity index is 608. The first kappa shape index (κ1) is 18.2. The van der Waals surface area contributed by atoms with Crippen LogP contribution in [0.15, 0.2) is 12.1 Å². The van der Waals surface area contributed by atoms with Crippen molar-refractivity contribution in [3.05, 3.63) is 33.4 Å². The van der Waals surface area contributed by atoms with Crippen LogP contribution in [0.3, 0.4) is 0 Å². The van der Waals surface area contributed by atoms with Gasteiger partial charge < -0.3 is 16.4 Å². The summed E-state index contributed by atoms with van der Waals surface area (Å²) in [4.78, 5) is 24.7. The van der Waals surface area contributed by atoms with Crippen molar-refractivity contribution in [2.45, 2.75) is 20.3 Å². The minimum atomic E-state index is -0.562. The molecule has 122 valence electrons. The van der Waals surface area contributed by atoms with Gasteiger partial charge in [-0.25, -0.2) is 0 Å². The van der Waals surface area contributed by atoms with Crippen LogP contribution in [0.25, 0.3) is 0 Å². The molecular formula is C14H21ClN4O3. The predicted octanol–water partition coefficient (Wildman–Crippen LogP) is 1.72. The Labute approximate surface area is 135 Å². The number of carbonyl (C=O) groups is 1. The number of rotatable bonds is 3. The summed E-state index contributed by atoms with van der Waals surface area (Å²) in [6.45, 7) is 5.37. The molecule has 1 aromatic carbocycles. The van der Waals surface area contributed by atoms with E-state index in [0.29, 0.717) is 25.2 Å². The normalized spacial score (nSPS) is 20.6. The van der Waals surface area contributed by atoms with E-state index in [1.54, 1.807) is 17.9 Å². The Morgan fingerprint density at radius 3 is 2.64 bits per heavy atom. The zero-order valence-electron chi connectivity index (χ0n) is 12.7. The summed E-state index contributed by atoms with van der Waals surface area (Å²) in [6.07, 6.45) is 0.822. The maximum atomic E-state index is 12.6. The lowest BCUT2D eigenvalue weighted by molar-refractivity contribution is -0.384. The van der Waals surface area contributed by atoms with E-state index in [1.165, 1.54) is 6.07 Å². The van der Waals surface area contributed by atoms with Gasteiger partial charge in [0.25, 0.3) is 11.6 Å². The van der Waals surface area contributed by atoms with Crippen molar-refractivity contribution >= 4 is 29.7 Å². The van der Waals surface area contributed by atoms with Gasteiger partial charge in [-0.1, -0.05) is 6.92 Å². The highest BCUT2D eigenvalue weighted by Gasteiger charge is 2.36. The molecular weight excluding hydrogens is 308 g/mol. The number of nitrogens with zero attached hydrogens (tertiary/aromatic N) is 2. The molecule has 1 heterocycles. The van der Waals surface area contributed by atoms with Gasteiger partial charge in [0.1, 0.15) is 5.69 Å². The van der Waals surface area contributed by atoms with Crippen LogP contribution < -0.4 is 11.5 Å². The van der Waals surface area contributed by atoms with Gasteiger partial charge in [0.05, 0.1) is 10.5 Å². The van der Waals surface area contributed by atoms with Crippen molar-refractivity contribution in [1.29, 1.82) is 0 Å². The molecule has 2 rings (SSSR count). The molecule has 1 saturated heterocycles. The van der Waals surface area contributed by atoms with Crippen LogP contribution in [-0.2, 0) is 0 Å². The fraction of sp³-hybridized carbons (Fsp3) is 0.500. The Hall–Kier alpha value is -1.86. The number of nitro benzene ring substituents is 1. The van der Waals surface area contributed by atoms with Crippen LogP contribution in [0.4, 0.5) is 11.4 Å². The minimum Gasteiger partial charge on any atom is -0.393 e.